The second-order valence-electron chi connectivity index (χ2n) is 4.45. The molecule has 2 aromatic carbocycles. The van der Waals surface area contributed by atoms with Gasteiger partial charge in [-0.2, -0.15) is 5.26 Å². The molecule has 0 aromatic heterocycles. The van der Waals surface area contributed by atoms with Crippen molar-refractivity contribution >= 4 is 0 Å². The second-order valence-corrected chi connectivity index (χ2v) is 4.45. The fourth-order valence-corrected chi connectivity index (χ4v) is 1.90. The molecule has 2 aromatic rings. The Balaban J connectivity index is 1.92. The smallest absolute Gasteiger partial charge is 0.119 e. The Morgan fingerprint density at radius 1 is 0.952 bits per heavy atom. The van der Waals surface area contributed by atoms with Crippen LogP contribution in [-0.2, 0) is 4.74 Å². The van der Waals surface area contributed by atoms with Crippen molar-refractivity contribution < 1.29 is 9.47 Å². The van der Waals surface area contributed by atoms with E-state index in [2.05, 4.69) is 12.6 Å². The van der Waals surface area contributed by atoms with E-state index in [0.29, 0.717) is 18.8 Å². The van der Waals surface area contributed by atoms with Gasteiger partial charge in [0.15, 0.2) is 0 Å². The van der Waals surface area contributed by atoms with E-state index in [0.717, 1.165) is 23.3 Å². The second kappa shape index (κ2) is 7.76. The van der Waals surface area contributed by atoms with Gasteiger partial charge in [0, 0.05) is 6.42 Å². The molecule has 0 saturated carbocycles. The number of ether oxygens (including phenoxy) is 2. The van der Waals surface area contributed by atoms with Gasteiger partial charge in [-0.3, -0.25) is 0 Å². The highest BCUT2D eigenvalue weighted by atomic mass is 16.5. The molecule has 0 aliphatic carbocycles. The van der Waals surface area contributed by atoms with Gasteiger partial charge in [0.25, 0.3) is 0 Å². The zero-order valence-corrected chi connectivity index (χ0v) is 11.8. The van der Waals surface area contributed by atoms with Gasteiger partial charge in [-0.05, 0) is 35.4 Å². The van der Waals surface area contributed by atoms with Crippen molar-refractivity contribution in [2.45, 2.75) is 6.42 Å². The van der Waals surface area contributed by atoms with E-state index in [4.69, 9.17) is 14.7 Å². The molecule has 0 aliphatic heterocycles. The van der Waals surface area contributed by atoms with Gasteiger partial charge >= 0.3 is 0 Å². The Hall–Kier alpha value is -2.73. The number of benzene rings is 2. The number of hydrogen-bond donors (Lipinski definition) is 0. The molecule has 0 atom stereocenters. The van der Waals surface area contributed by atoms with Crippen molar-refractivity contribution in [1.29, 1.82) is 5.26 Å². The van der Waals surface area contributed by atoms with Crippen LogP contribution in [0.2, 0.25) is 0 Å². The summed E-state index contributed by atoms with van der Waals surface area (Å²) in [5.41, 5.74) is 2.85. The summed E-state index contributed by atoms with van der Waals surface area (Å²) in [5, 5.41) is 8.79. The average molecular weight is 279 g/mol. The number of rotatable bonds is 7. The lowest BCUT2D eigenvalue weighted by Crippen LogP contribution is -2.00. The van der Waals surface area contributed by atoms with Crippen LogP contribution in [-0.4, -0.2) is 13.2 Å². The molecule has 0 unspecified atom stereocenters. The molecule has 0 amide bonds. The Morgan fingerprint density at radius 2 is 1.57 bits per heavy atom. The van der Waals surface area contributed by atoms with Crippen LogP contribution >= 0.6 is 0 Å². The first-order valence-electron chi connectivity index (χ1n) is 6.79. The van der Waals surface area contributed by atoms with Gasteiger partial charge in [0.2, 0.25) is 0 Å². The maximum absolute atomic E-state index is 8.79. The lowest BCUT2D eigenvalue weighted by molar-refractivity contribution is 0.209. The fourth-order valence-electron chi connectivity index (χ4n) is 1.90. The highest BCUT2D eigenvalue weighted by Crippen LogP contribution is 2.22. The highest BCUT2D eigenvalue weighted by Gasteiger charge is 1.99. The van der Waals surface area contributed by atoms with Gasteiger partial charge in [0.05, 0.1) is 31.1 Å². The minimum atomic E-state index is 0.615. The quantitative estimate of drug-likeness (QED) is 0.564. The van der Waals surface area contributed by atoms with Gasteiger partial charge in [-0.1, -0.05) is 30.8 Å². The summed E-state index contributed by atoms with van der Waals surface area (Å²) in [6.07, 6.45) is 2.26. The first-order valence-corrected chi connectivity index (χ1v) is 6.79. The predicted octanol–water partition coefficient (Wildman–Crippen LogP) is 4.15. The third-order valence-electron chi connectivity index (χ3n) is 2.99. The molecular weight excluding hydrogens is 262 g/mol. The average Bonchev–Trinajstić information content (AvgIpc) is 2.55. The van der Waals surface area contributed by atoms with Crippen molar-refractivity contribution in [1.82, 2.24) is 0 Å². The van der Waals surface area contributed by atoms with Crippen LogP contribution in [0.5, 0.6) is 5.75 Å². The Labute approximate surface area is 125 Å². The van der Waals surface area contributed by atoms with E-state index in [1.165, 1.54) is 6.26 Å². The van der Waals surface area contributed by atoms with Gasteiger partial charge in [-0.15, -0.1) is 0 Å². The van der Waals surface area contributed by atoms with E-state index in [9.17, 15) is 0 Å². The number of hydrogen-bond acceptors (Lipinski definition) is 3. The molecule has 3 heteroatoms. The molecule has 106 valence electrons. The van der Waals surface area contributed by atoms with Crippen LogP contribution in [0.15, 0.2) is 61.4 Å². The first-order chi connectivity index (χ1) is 10.3. The number of nitriles is 1. The summed E-state index contributed by atoms with van der Waals surface area (Å²) in [6.45, 7) is 4.72. The predicted molar refractivity (Wildman–Crippen MR) is 82.9 cm³/mol. The van der Waals surface area contributed by atoms with Crippen LogP contribution in [0.25, 0.3) is 11.1 Å². The van der Waals surface area contributed by atoms with Crippen molar-refractivity contribution in [2.24, 2.45) is 0 Å². The van der Waals surface area contributed by atoms with Crippen LogP contribution in [0.3, 0.4) is 0 Å². The van der Waals surface area contributed by atoms with Crippen LogP contribution < -0.4 is 4.74 Å². The third-order valence-corrected chi connectivity index (χ3v) is 2.99. The van der Waals surface area contributed by atoms with Gasteiger partial charge in [-0.25, -0.2) is 0 Å². The van der Waals surface area contributed by atoms with Gasteiger partial charge < -0.3 is 9.47 Å². The summed E-state index contributed by atoms with van der Waals surface area (Å²) < 4.78 is 10.7. The summed E-state index contributed by atoms with van der Waals surface area (Å²) >= 11 is 0. The molecular formula is C18H17NO2. The summed E-state index contributed by atoms with van der Waals surface area (Å²) in [5.74, 6) is 0.839. The molecule has 0 aliphatic rings. The van der Waals surface area contributed by atoms with Crippen LogP contribution in [0.4, 0.5) is 0 Å². The molecule has 0 heterocycles. The van der Waals surface area contributed by atoms with E-state index >= 15 is 0 Å². The molecule has 0 spiro atoms. The van der Waals surface area contributed by atoms with E-state index in [-0.39, 0.29) is 0 Å². The maximum atomic E-state index is 8.79. The first kappa shape index (κ1) is 14.7. The maximum Gasteiger partial charge on any atom is 0.119 e. The molecule has 0 radical (unpaired) electrons. The zero-order chi connectivity index (χ0) is 14.9. The van der Waals surface area contributed by atoms with E-state index in [1.807, 2.05) is 48.5 Å². The molecule has 0 fully saturated rings. The fraction of sp³-hybridized carbons (Fsp3) is 0.167. The van der Waals surface area contributed by atoms with E-state index < -0.39 is 0 Å². The SMILES string of the molecule is C=COCCCOc1ccc(-c2ccc(C#N)cc2)cc1. The number of nitrogens with zero attached hydrogens (tertiary/aromatic N) is 1. The molecule has 3 nitrogen and oxygen atoms in total. The molecule has 0 saturated heterocycles. The van der Waals surface area contributed by atoms with Crippen molar-refractivity contribution in [3.8, 4) is 22.9 Å². The Bertz CT molecular complexity index is 609. The summed E-state index contributed by atoms with van der Waals surface area (Å²) in [4.78, 5) is 0. The third kappa shape index (κ3) is 4.39. The Kier molecular flexibility index (Phi) is 5.42. The summed E-state index contributed by atoms with van der Waals surface area (Å²) in [6, 6.07) is 17.6. The minimum absolute atomic E-state index is 0.615. The molecule has 0 bridgehead atoms. The lowest BCUT2D eigenvalue weighted by atomic mass is 10.0. The van der Waals surface area contributed by atoms with Crippen LogP contribution in [0, 0.1) is 11.3 Å². The minimum Gasteiger partial charge on any atom is -0.502 e. The lowest BCUT2D eigenvalue weighted by Gasteiger charge is -2.07. The van der Waals surface area contributed by atoms with Crippen molar-refractivity contribution in [2.75, 3.05) is 13.2 Å². The highest BCUT2D eigenvalue weighted by molar-refractivity contribution is 5.64. The van der Waals surface area contributed by atoms with Crippen molar-refractivity contribution in [3.05, 3.63) is 66.9 Å². The zero-order valence-electron chi connectivity index (χ0n) is 11.8. The van der Waals surface area contributed by atoms with Crippen LogP contribution in [0.1, 0.15) is 12.0 Å². The normalized spacial score (nSPS) is 9.67. The Morgan fingerprint density at radius 3 is 2.14 bits per heavy atom. The topological polar surface area (TPSA) is 42.2 Å². The van der Waals surface area contributed by atoms with Crippen molar-refractivity contribution in [3.63, 3.8) is 0 Å². The molecule has 2 rings (SSSR count). The van der Waals surface area contributed by atoms with E-state index in [1.54, 1.807) is 0 Å². The molecule has 21 heavy (non-hydrogen) atoms. The molecule has 0 N–H and O–H groups in total. The summed E-state index contributed by atoms with van der Waals surface area (Å²) in [7, 11) is 0. The standard InChI is InChI=1S/C18H17NO2/c1-2-20-12-3-13-21-18-10-8-17(9-11-18)16-6-4-15(14-19)5-7-16/h2,4-11H,1,3,12-13H2. The largest absolute Gasteiger partial charge is 0.502 e. The van der Waals surface area contributed by atoms with Gasteiger partial charge in [0.1, 0.15) is 5.75 Å². The monoisotopic (exact) mass is 279 g/mol.